The first-order chi connectivity index (χ1) is 21.2. The van der Waals surface area contributed by atoms with Crippen LogP contribution in [0.2, 0.25) is 0 Å². The van der Waals surface area contributed by atoms with Crippen LogP contribution in [0.1, 0.15) is 55.4 Å². The maximum atomic E-state index is 2.39. The summed E-state index contributed by atoms with van der Waals surface area (Å²) < 4.78 is 0. The van der Waals surface area contributed by atoms with E-state index in [1.165, 1.54) is 66.1 Å². The van der Waals surface area contributed by atoms with E-state index in [1.54, 1.807) is 22.3 Å². The van der Waals surface area contributed by atoms with Crippen molar-refractivity contribution in [3.05, 3.63) is 155 Å². The predicted molar refractivity (Wildman–Crippen MR) is 185 cm³/mol. The SMILES string of the molecule is CCC1=C(CC2=C(CC)Cc3c2cccc3-c2cccc3ccccc23)c2cccc(-c3cccc4ccccc34)c2C1. The Bertz CT molecular complexity index is 1950. The molecule has 0 unspecified atom stereocenters. The minimum absolute atomic E-state index is 1.02. The molecule has 0 aliphatic heterocycles. The van der Waals surface area contributed by atoms with Gasteiger partial charge in [-0.25, -0.2) is 0 Å². The lowest BCUT2D eigenvalue weighted by Gasteiger charge is -2.15. The maximum Gasteiger partial charge on any atom is -0.00143 e. The number of fused-ring (bicyclic) bond motifs is 4. The Hall–Kier alpha value is -4.68. The fraction of sp³-hybridized carbons (Fsp3) is 0.163. The van der Waals surface area contributed by atoms with E-state index >= 15 is 0 Å². The van der Waals surface area contributed by atoms with Gasteiger partial charge in [-0.15, -0.1) is 0 Å². The van der Waals surface area contributed by atoms with Crippen LogP contribution in [0.25, 0.3) is 54.9 Å². The molecule has 2 aliphatic carbocycles. The van der Waals surface area contributed by atoms with Gasteiger partial charge in [0.15, 0.2) is 0 Å². The summed E-state index contributed by atoms with van der Waals surface area (Å²) in [6, 6.07) is 45.1. The van der Waals surface area contributed by atoms with E-state index in [4.69, 9.17) is 0 Å². The number of allylic oxidation sites excluding steroid dienone is 4. The Balaban J connectivity index is 1.23. The molecule has 0 nitrogen and oxygen atoms in total. The highest BCUT2D eigenvalue weighted by atomic mass is 14.3. The molecule has 0 heteroatoms. The molecule has 0 spiro atoms. The second-order valence-electron chi connectivity index (χ2n) is 12.1. The van der Waals surface area contributed by atoms with Gasteiger partial charge < -0.3 is 0 Å². The van der Waals surface area contributed by atoms with E-state index in [1.807, 2.05) is 0 Å². The van der Waals surface area contributed by atoms with Crippen molar-refractivity contribution in [2.24, 2.45) is 0 Å². The summed E-state index contributed by atoms with van der Waals surface area (Å²) >= 11 is 0. The van der Waals surface area contributed by atoms with Gasteiger partial charge in [-0.3, -0.25) is 0 Å². The predicted octanol–water partition coefficient (Wildman–Crippen LogP) is 11.9. The summed E-state index contributed by atoms with van der Waals surface area (Å²) in [6.45, 7) is 4.68. The summed E-state index contributed by atoms with van der Waals surface area (Å²) in [5, 5.41) is 5.29. The van der Waals surface area contributed by atoms with Crippen molar-refractivity contribution in [3.8, 4) is 22.3 Å². The van der Waals surface area contributed by atoms with Crippen molar-refractivity contribution in [2.45, 2.75) is 46.0 Å². The molecular weight excluding hydrogens is 516 g/mol. The zero-order valence-corrected chi connectivity index (χ0v) is 25.1. The first-order valence-corrected chi connectivity index (χ1v) is 15.9. The first kappa shape index (κ1) is 26.0. The highest BCUT2D eigenvalue weighted by Gasteiger charge is 2.29. The molecule has 6 aromatic carbocycles. The summed E-state index contributed by atoms with van der Waals surface area (Å²) in [6.07, 6.45) is 5.31. The van der Waals surface area contributed by atoms with Gasteiger partial charge in [-0.05, 0) is 109 Å². The molecule has 0 aromatic heterocycles. The second-order valence-corrected chi connectivity index (χ2v) is 12.1. The lowest BCUT2D eigenvalue weighted by Crippen LogP contribution is -1.93. The van der Waals surface area contributed by atoms with Gasteiger partial charge in [-0.2, -0.15) is 0 Å². The Kier molecular flexibility index (Phi) is 6.37. The second kappa shape index (κ2) is 10.5. The molecule has 2 aliphatic rings. The Morgan fingerprint density at radius 3 is 1.23 bits per heavy atom. The third-order valence-corrected chi connectivity index (χ3v) is 10.0. The molecule has 208 valence electrons. The fourth-order valence-corrected chi connectivity index (χ4v) is 7.86. The first-order valence-electron chi connectivity index (χ1n) is 15.9. The molecule has 0 bridgehead atoms. The molecule has 0 saturated heterocycles. The van der Waals surface area contributed by atoms with E-state index in [0.29, 0.717) is 0 Å². The van der Waals surface area contributed by atoms with E-state index in [-0.39, 0.29) is 0 Å². The normalized spacial score (nSPS) is 14.2. The van der Waals surface area contributed by atoms with E-state index in [0.717, 1.165) is 32.1 Å². The molecule has 0 saturated carbocycles. The van der Waals surface area contributed by atoms with E-state index in [2.05, 4.69) is 135 Å². The van der Waals surface area contributed by atoms with Crippen LogP contribution in [-0.2, 0) is 12.8 Å². The molecule has 0 radical (unpaired) electrons. The standard InChI is InChI=1S/C43H36/c1-3-28-25-42-36(34-19-9-15-30-13-5-7-17-32(30)34)21-11-23-38(42)40(28)27-41-29(4-2)26-43-37(22-12-24-39(41)43)35-20-10-16-31-14-6-8-18-33(31)35/h5-24H,3-4,25-27H2,1-2H3. The third-order valence-electron chi connectivity index (χ3n) is 10.0. The minimum Gasteiger partial charge on any atom is -0.0619 e. The van der Waals surface area contributed by atoms with Crippen molar-refractivity contribution in [1.29, 1.82) is 0 Å². The number of hydrogen-bond donors (Lipinski definition) is 0. The highest BCUT2D eigenvalue weighted by molar-refractivity contribution is 6.01. The van der Waals surface area contributed by atoms with Crippen LogP contribution in [0.5, 0.6) is 0 Å². The van der Waals surface area contributed by atoms with Crippen molar-refractivity contribution >= 4 is 32.7 Å². The van der Waals surface area contributed by atoms with Crippen molar-refractivity contribution < 1.29 is 0 Å². The molecule has 8 rings (SSSR count). The average molecular weight is 553 g/mol. The Morgan fingerprint density at radius 1 is 0.395 bits per heavy atom. The summed E-state index contributed by atoms with van der Waals surface area (Å²) in [7, 11) is 0. The van der Waals surface area contributed by atoms with Crippen molar-refractivity contribution in [2.75, 3.05) is 0 Å². The molecule has 0 heterocycles. The van der Waals surface area contributed by atoms with Crippen molar-refractivity contribution in [3.63, 3.8) is 0 Å². The Labute approximate surface area is 255 Å². The van der Waals surface area contributed by atoms with Gasteiger partial charge >= 0.3 is 0 Å². The number of hydrogen-bond acceptors (Lipinski definition) is 0. The monoisotopic (exact) mass is 552 g/mol. The third kappa shape index (κ3) is 4.20. The van der Waals surface area contributed by atoms with E-state index < -0.39 is 0 Å². The zero-order valence-electron chi connectivity index (χ0n) is 25.1. The molecule has 0 atom stereocenters. The lowest BCUT2D eigenvalue weighted by atomic mass is 9.88. The Morgan fingerprint density at radius 2 is 0.767 bits per heavy atom. The largest absolute Gasteiger partial charge is 0.0619 e. The van der Waals surface area contributed by atoms with Crippen LogP contribution < -0.4 is 0 Å². The molecule has 0 amide bonds. The smallest absolute Gasteiger partial charge is 0.00143 e. The van der Waals surface area contributed by atoms with Gasteiger partial charge in [0.25, 0.3) is 0 Å². The van der Waals surface area contributed by atoms with Crippen LogP contribution in [0.3, 0.4) is 0 Å². The summed E-state index contributed by atoms with van der Waals surface area (Å²) in [5.41, 5.74) is 17.8. The van der Waals surface area contributed by atoms with Gasteiger partial charge in [0.2, 0.25) is 0 Å². The van der Waals surface area contributed by atoms with Crippen LogP contribution in [0, 0.1) is 0 Å². The fourth-order valence-electron chi connectivity index (χ4n) is 7.86. The minimum atomic E-state index is 1.02. The van der Waals surface area contributed by atoms with Crippen LogP contribution in [-0.4, -0.2) is 0 Å². The lowest BCUT2D eigenvalue weighted by molar-refractivity contribution is 1.02. The number of rotatable bonds is 6. The summed E-state index contributed by atoms with van der Waals surface area (Å²) in [4.78, 5) is 0. The summed E-state index contributed by atoms with van der Waals surface area (Å²) in [5.74, 6) is 0. The van der Waals surface area contributed by atoms with Crippen LogP contribution in [0.15, 0.2) is 132 Å². The topological polar surface area (TPSA) is 0 Å². The van der Waals surface area contributed by atoms with Gasteiger partial charge in [0, 0.05) is 0 Å². The molecule has 0 fully saturated rings. The maximum absolute atomic E-state index is 2.39. The molecular formula is C43H36. The van der Waals surface area contributed by atoms with Crippen molar-refractivity contribution in [1.82, 2.24) is 0 Å². The van der Waals surface area contributed by atoms with Crippen LogP contribution in [0.4, 0.5) is 0 Å². The highest BCUT2D eigenvalue weighted by Crippen LogP contribution is 2.49. The number of benzene rings is 6. The van der Waals surface area contributed by atoms with E-state index in [9.17, 15) is 0 Å². The molecule has 6 aromatic rings. The molecule has 0 N–H and O–H groups in total. The van der Waals surface area contributed by atoms with Crippen LogP contribution >= 0.6 is 0 Å². The van der Waals surface area contributed by atoms with Gasteiger partial charge in [0.1, 0.15) is 0 Å². The molecule has 43 heavy (non-hydrogen) atoms. The van der Waals surface area contributed by atoms with Gasteiger partial charge in [0.05, 0.1) is 0 Å². The van der Waals surface area contributed by atoms with Gasteiger partial charge in [-0.1, -0.05) is 146 Å². The average Bonchev–Trinajstić information content (AvgIpc) is 3.62. The zero-order chi connectivity index (χ0) is 28.9. The quantitative estimate of drug-likeness (QED) is 0.193.